The van der Waals surface area contributed by atoms with Crippen molar-refractivity contribution >= 4 is 5.69 Å². The predicted molar refractivity (Wildman–Crippen MR) is 98.7 cm³/mol. The molecule has 1 unspecified atom stereocenters. The fourth-order valence-corrected chi connectivity index (χ4v) is 2.67. The third-order valence-electron chi connectivity index (χ3n) is 3.99. The molecule has 140 valence electrons. The molecule has 2 aromatic carbocycles. The van der Waals surface area contributed by atoms with E-state index in [2.05, 4.69) is 15.2 Å². The summed E-state index contributed by atoms with van der Waals surface area (Å²) in [4.78, 5) is 15.1. The molecular weight excluding hydrogens is 350 g/mol. The molecule has 1 atom stereocenters. The quantitative estimate of drug-likeness (QED) is 0.484. The highest BCUT2D eigenvalue weighted by atomic mass is 16.6. The van der Waals surface area contributed by atoms with Crippen LogP contribution in [0.25, 0.3) is 11.4 Å². The van der Waals surface area contributed by atoms with Crippen LogP contribution in [0.3, 0.4) is 0 Å². The monoisotopic (exact) mass is 369 g/mol. The summed E-state index contributed by atoms with van der Waals surface area (Å²) < 4.78 is 10.8. The minimum Gasteiger partial charge on any atom is -0.493 e. The highest BCUT2D eigenvalue weighted by Crippen LogP contribution is 2.32. The van der Waals surface area contributed by atoms with Gasteiger partial charge in [0.15, 0.2) is 17.3 Å². The number of aromatic nitrogens is 3. The highest BCUT2D eigenvalue weighted by molar-refractivity contribution is 5.67. The maximum atomic E-state index is 11.2. The summed E-state index contributed by atoms with van der Waals surface area (Å²) in [5.41, 5.74) is 7.29. The summed E-state index contributed by atoms with van der Waals surface area (Å²) in [6, 6.07) is 11.0. The van der Waals surface area contributed by atoms with Gasteiger partial charge in [-0.1, -0.05) is 18.2 Å². The Balaban J connectivity index is 1.93. The first-order chi connectivity index (χ1) is 13.0. The van der Waals surface area contributed by atoms with E-state index in [1.165, 1.54) is 6.07 Å². The van der Waals surface area contributed by atoms with E-state index in [4.69, 9.17) is 15.2 Å². The number of hydrogen-bond donors (Lipinski definition) is 2. The maximum Gasteiger partial charge on any atom is 0.280 e. The molecule has 0 saturated heterocycles. The number of rotatable bonds is 7. The van der Waals surface area contributed by atoms with E-state index in [0.717, 1.165) is 5.56 Å². The molecule has 0 fully saturated rings. The molecule has 27 heavy (non-hydrogen) atoms. The number of benzene rings is 2. The average molecular weight is 369 g/mol. The Hall–Kier alpha value is -3.46. The van der Waals surface area contributed by atoms with Gasteiger partial charge in [-0.25, -0.2) is 4.98 Å². The molecule has 3 rings (SSSR count). The molecule has 0 amide bonds. The molecule has 9 nitrogen and oxygen atoms in total. The molecule has 0 bridgehead atoms. The van der Waals surface area contributed by atoms with Crippen LogP contribution < -0.4 is 15.2 Å². The van der Waals surface area contributed by atoms with Crippen molar-refractivity contribution in [2.75, 3.05) is 13.7 Å². The fraction of sp³-hybridized carbons (Fsp3) is 0.222. The lowest BCUT2D eigenvalue weighted by Gasteiger charge is -2.14. The van der Waals surface area contributed by atoms with Gasteiger partial charge in [0.1, 0.15) is 5.82 Å². The minimum absolute atomic E-state index is 0.0697. The van der Waals surface area contributed by atoms with Crippen molar-refractivity contribution in [2.24, 2.45) is 5.73 Å². The molecule has 1 aromatic heterocycles. The molecule has 0 radical (unpaired) electrons. The number of nitrogens with one attached hydrogen (secondary N) is 1. The van der Waals surface area contributed by atoms with Crippen molar-refractivity contribution in [3.63, 3.8) is 0 Å². The Bertz CT molecular complexity index is 956. The van der Waals surface area contributed by atoms with E-state index in [9.17, 15) is 10.1 Å². The zero-order valence-corrected chi connectivity index (χ0v) is 14.9. The summed E-state index contributed by atoms with van der Waals surface area (Å²) >= 11 is 0. The first-order valence-corrected chi connectivity index (χ1v) is 8.27. The number of nitro groups is 1. The van der Waals surface area contributed by atoms with E-state index in [-0.39, 0.29) is 11.5 Å². The molecule has 0 saturated carbocycles. The fourth-order valence-electron chi connectivity index (χ4n) is 2.67. The first kappa shape index (κ1) is 18.3. The summed E-state index contributed by atoms with van der Waals surface area (Å²) in [5.74, 6) is 1.78. The Morgan fingerprint density at radius 3 is 2.74 bits per heavy atom. The molecule has 0 spiro atoms. The van der Waals surface area contributed by atoms with Gasteiger partial charge in [0.05, 0.1) is 30.2 Å². The maximum absolute atomic E-state index is 11.2. The van der Waals surface area contributed by atoms with Crippen LogP contribution in [0.5, 0.6) is 11.5 Å². The van der Waals surface area contributed by atoms with Crippen LogP contribution in [0.2, 0.25) is 0 Å². The van der Waals surface area contributed by atoms with Gasteiger partial charge in [-0.3, -0.25) is 15.2 Å². The van der Waals surface area contributed by atoms with Crippen molar-refractivity contribution in [1.82, 2.24) is 15.2 Å². The minimum atomic E-state index is -0.612. The number of nitrogens with zero attached hydrogens (tertiary/aromatic N) is 3. The van der Waals surface area contributed by atoms with Crippen molar-refractivity contribution in [1.29, 1.82) is 0 Å². The number of para-hydroxylation sites is 1. The normalized spacial score (nSPS) is 11.8. The van der Waals surface area contributed by atoms with E-state index in [1.54, 1.807) is 43.5 Å². The molecular formula is C18H19N5O4. The SMILES string of the molecule is CCOc1cc(C(N)c2nc(-c3ccccc3[N+](=O)[O-])n[nH]2)ccc1OC. The number of aromatic amines is 1. The van der Waals surface area contributed by atoms with Crippen LogP contribution in [-0.2, 0) is 0 Å². The summed E-state index contributed by atoms with van der Waals surface area (Å²) in [6.45, 7) is 2.36. The molecule has 3 N–H and O–H groups in total. The van der Waals surface area contributed by atoms with E-state index in [1.807, 2.05) is 6.92 Å². The van der Waals surface area contributed by atoms with Crippen LogP contribution in [0.1, 0.15) is 24.4 Å². The van der Waals surface area contributed by atoms with E-state index < -0.39 is 11.0 Å². The Labute approximate surface area is 155 Å². The van der Waals surface area contributed by atoms with E-state index in [0.29, 0.717) is 29.5 Å². The molecule has 3 aromatic rings. The highest BCUT2D eigenvalue weighted by Gasteiger charge is 2.21. The summed E-state index contributed by atoms with van der Waals surface area (Å²) in [7, 11) is 1.56. The van der Waals surface area contributed by atoms with Gasteiger partial charge < -0.3 is 15.2 Å². The standard InChI is InChI=1S/C18H19N5O4/c1-3-27-15-10-11(8-9-14(15)26-2)16(19)18-20-17(21-22-18)12-6-4-5-7-13(12)23(24)25/h4-10,16H,3,19H2,1-2H3,(H,20,21,22). The van der Waals surface area contributed by atoms with Gasteiger partial charge in [0, 0.05) is 6.07 Å². The van der Waals surface area contributed by atoms with Gasteiger partial charge in [0.25, 0.3) is 5.69 Å². The first-order valence-electron chi connectivity index (χ1n) is 8.27. The molecule has 9 heteroatoms. The number of H-pyrrole nitrogens is 1. The van der Waals surface area contributed by atoms with Crippen molar-refractivity contribution in [2.45, 2.75) is 13.0 Å². The molecule has 0 aliphatic heterocycles. The number of nitrogens with two attached hydrogens (primary N) is 1. The number of nitro benzene ring substituents is 1. The second-order valence-electron chi connectivity index (χ2n) is 5.64. The summed E-state index contributed by atoms with van der Waals surface area (Å²) in [6.07, 6.45) is 0. The van der Waals surface area contributed by atoms with Crippen LogP contribution in [0.4, 0.5) is 5.69 Å². The Morgan fingerprint density at radius 2 is 2.04 bits per heavy atom. The second kappa shape index (κ2) is 7.83. The second-order valence-corrected chi connectivity index (χ2v) is 5.64. The lowest BCUT2D eigenvalue weighted by atomic mass is 10.1. The summed E-state index contributed by atoms with van der Waals surface area (Å²) in [5, 5.41) is 18.1. The zero-order chi connectivity index (χ0) is 19.4. The molecule has 0 aliphatic carbocycles. The predicted octanol–water partition coefficient (Wildman–Crippen LogP) is 2.84. The van der Waals surface area contributed by atoms with Crippen molar-refractivity contribution in [3.05, 3.63) is 64.0 Å². The third-order valence-corrected chi connectivity index (χ3v) is 3.99. The van der Waals surface area contributed by atoms with Gasteiger partial charge in [-0.15, -0.1) is 0 Å². The Morgan fingerprint density at radius 1 is 1.26 bits per heavy atom. The molecule has 1 heterocycles. The van der Waals surface area contributed by atoms with E-state index >= 15 is 0 Å². The zero-order valence-electron chi connectivity index (χ0n) is 14.9. The topological polar surface area (TPSA) is 129 Å². The number of ether oxygens (including phenoxy) is 2. The van der Waals surface area contributed by atoms with Crippen LogP contribution in [0, 0.1) is 10.1 Å². The van der Waals surface area contributed by atoms with Crippen LogP contribution in [-0.4, -0.2) is 33.8 Å². The largest absolute Gasteiger partial charge is 0.493 e. The lowest BCUT2D eigenvalue weighted by Crippen LogP contribution is -2.14. The van der Waals surface area contributed by atoms with Crippen molar-refractivity contribution in [3.8, 4) is 22.9 Å². The average Bonchev–Trinajstić information content (AvgIpc) is 3.17. The van der Waals surface area contributed by atoms with Gasteiger partial charge >= 0.3 is 0 Å². The smallest absolute Gasteiger partial charge is 0.280 e. The van der Waals surface area contributed by atoms with Gasteiger partial charge in [0.2, 0.25) is 0 Å². The van der Waals surface area contributed by atoms with Crippen molar-refractivity contribution < 1.29 is 14.4 Å². The lowest BCUT2D eigenvalue weighted by molar-refractivity contribution is -0.384. The van der Waals surface area contributed by atoms with Gasteiger partial charge in [-0.05, 0) is 30.7 Å². The third kappa shape index (κ3) is 3.72. The number of methoxy groups -OCH3 is 1. The van der Waals surface area contributed by atoms with Crippen LogP contribution in [0.15, 0.2) is 42.5 Å². The van der Waals surface area contributed by atoms with Crippen LogP contribution >= 0.6 is 0 Å². The van der Waals surface area contributed by atoms with Gasteiger partial charge in [-0.2, -0.15) is 5.10 Å². The number of hydrogen-bond acceptors (Lipinski definition) is 7. The Kier molecular flexibility index (Phi) is 5.32. The molecule has 0 aliphatic rings.